The average Bonchev–Trinajstić information content (AvgIpc) is 2.62. The van der Waals surface area contributed by atoms with Crippen molar-refractivity contribution in [2.75, 3.05) is 51.3 Å². The van der Waals surface area contributed by atoms with E-state index in [9.17, 15) is 8.42 Å². The van der Waals surface area contributed by atoms with Crippen LogP contribution in [0.3, 0.4) is 0 Å². The van der Waals surface area contributed by atoms with E-state index in [1.54, 1.807) is 7.05 Å². The Labute approximate surface area is 182 Å². The molecule has 2 N–H and O–H groups in total. The highest BCUT2D eigenvalue weighted by atomic mass is 127. The van der Waals surface area contributed by atoms with E-state index >= 15 is 0 Å². The molecule has 2 rings (SSSR count). The Morgan fingerprint density at radius 3 is 2.37 bits per heavy atom. The highest BCUT2D eigenvalue weighted by Crippen LogP contribution is 2.48. The van der Waals surface area contributed by atoms with Crippen LogP contribution in [0.25, 0.3) is 0 Å². The van der Waals surface area contributed by atoms with Crippen molar-refractivity contribution in [2.45, 2.75) is 52.2 Å². The third-order valence-electron chi connectivity index (χ3n) is 6.16. The third-order valence-corrected chi connectivity index (χ3v) is 7.77. The van der Waals surface area contributed by atoms with Crippen LogP contribution in [0.5, 0.6) is 0 Å². The van der Waals surface area contributed by atoms with Gasteiger partial charge in [0.05, 0.1) is 17.6 Å². The molecule has 0 aromatic rings. The Kier molecular flexibility index (Phi) is 10.3. The van der Waals surface area contributed by atoms with Gasteiger partial charge in [-0.05, 0) is 26.2 Å². The van der Waals surface area contributed by atoms with E-state index in [1.165, 1.54) is 0 Å². The molecular formula is C18H37IN4O3S. The number of aliphatic imine (C=N–C) groups is 1. The largest absolute Gasteiger partial charge is 0.378 e. The fourth-order valence-electron chi connectivity index (χ4n) is 4.25. The van der Waals surface area contributed by atoms with Gasteiger partial charge < -0.3 is 15.4 Å². The quantitative estimate of drug-likeness (QED) is 0.289. The van der Waals surface area contributed by atoms with Gasteiger partial charge in [-0.25, -0.2) is 8.42 Å². The Morgan fingerprint density at radius 2 is 1.85 bits per heavy atom. The average molecular weight is 516 g/mol. The molecule has 1 saturated heterocycles. The molecule has 1 heterocycles. The minimum Gasteiger partial charge on any atom is -0.378 e. The second-order valence-corrected chi connectivity index (χ2v) is 9.61. The van der Waals surface area contributed by atoms with E-state index in [2.05, 4.69) is 41.3 Å². The van der Waals surface area contributed by atoms with E-state index in [4.69, 9.17) is 4.74 Å². The molecule has 7 nitrogen and oxygen atoms in total. The van der Waals surface area contributed by atoms with Crippen molar-refractivity contribution in [3.8, 4) is 0 Å². The van der Waals surface area contributed by atoms with Gasteiger partial charge in [-0.2, -0.15) is 0 Å². The summed E-state index contributed by atoms with van der Waals surface area (Å²) in [4.78, 5) is 6.55. The number of halogens is 1. The summed E-state index contributed by atoms with van der Waals surface area (Å²) in [5, 5.41) is 6.96. The summed E-state index contributed by atoms with van der Waals surface area (Å²) in [5.74, 6) is 1.37. The van der Waals surface area contributed by atoms with Crippen molar-refractivity contribution in [1.82, 2.24) is 15.5 Å². The maximum absolute atomic E-state index is 11.5. The normalized spacial score (nSPS) is 27.3. The zero-order chi connectivity index (χ0) is 19.2. The fraction of sp³-hybridized carbons (Fsp3) is 0.944. The second-order valence-electron chi connectivity index (χ2n) is 7.31. The van der Waals surface area contributed by atoms with E-state index in [1.807, 2.05) is 0 Å². The Hall–Kier alpha value is -0.130. The molecule has 1 saturated carbocycles. The standard InChI is InChI=1S/C18H36N4O3S.HI/c1-5-18(6-2)15(14-16(18)25-7-3)21-17(19-4)20-8-9-22-10-12-26(23,24)13-11-22;/h15-16H,5-14H2,1-4H3,(H2,19,20,21);1H. The number of ether oxygens (including phenoxy) is 1. The number of nitrogens with zero attached hydrogens (tertiary/aromatic N) is 2. The van der Waals surface area contributed by atoms with Gasteiger partial charge in [-0.3, -0.25) is 9.89 Å². The lowest BCUT2D eigenvalue weighted by Crippen LogP contribution is -2.65. The Bertz CT molecular complexity index is 567. The van der Waals surface area contributed by atoms with E-state index in [-0.39, 0.29) is 40.9 Å². The molecule has 9 heteroatoms. The molecule has 0 amide bonds. The summed E-state index contributed by atoms with van der Waals surface area (Å²) in [7, 11) is -1.02. The van der Waals surface area contributed by atoms with Crippen molar-refractivity contribution in [2.24, 2.45) is 10.4 Å². The molecule has 27 heavy (non-hydrogen) atoms. The molecule has 1 aliphatic carbocycles. The van der Waals surface area contributed by atoms with Crippen molar-refractivity contribution in [3.63, 3.8) is 0 Å². The van der Waals surface area contributed by atoms with Gasteiger partial charge in [0, 0.05) is 51.3 Å². The van der Waals surface area contributed by atoms with Crippen molar-refractivity contribution < 1.29 is 13.2 Å². The summed E-state index contributed by atoms with van der Waals surface area (Å²) in [6, 6.07) is 0.375. The molecule has 0 bridgehead atoms. The maximum atomic E-state index is 11.5. The monoisotopic (exact) mass is 516 g/mol. The van der Waals surface area contributed by atoms with E-state index in [0.29, 0.717) is 25.2 Å². The molecule has 160 valence electrons. The first-order valence-corrected chi connectivity index (χ1v) is 11.7. The van der Waals surface area contributed by atoms with E-state index < -0.39 is 9.84 Å². The lowest BCUT2D eigenvalue weighted by atomic mass is 9.58. The first-order chi connectivity index (χ1) is 12.4. The van der Waals surface area contributed by atoms with Crippen LogP contribution in [0.2, 0.25) is 0 Å². The summed E-state index contributed by atoms with van der Waals surface area (Å²) in [6.07, 6.45) is 3.52. The maximum Gasteiger partial charge on any atom is 0.191 e. The van der Waals surface area contributed by atoms with Crippen LogP contribution < -0.4 is 10.6 Å². The summed E-state index contributed by atoms with van der Waals surface area (Å²) in [6.45, 7) is 10.1. The number of sulfone groups is 1. The van der Waals surface area contributed by atoms with Crippen molar-refractivity contribution >= 4 is 39.8 Å². The van der Waals surface area contributed by atoms with Crippen LogP contribution in [-0.4, -0.2) is 82.8 Å². The smallest absolute Gasteiger partial charge is 0.191 e. The van der Waals surface area contributed by atoms with Crippen molar-refractivity contribution in [1.29, 1.82) is 0 Å². The number of hydrogen-bond acceptors (Lipinski definition) is 5. The molecule has 2 fully saturated rings. The highest BCUT2D eigenvalue weighted by molar-refractivity contribution is 14.0. The number of hydrogen-bond donors (Lipinski definition) is 2. The van der Waals surface area contributed by atoms with Crippen LogP contribution in [0, 0.1) is 5.41 Å². The molecule has 2 aliphatic rings. The second kappa shape index (κ2) is 11.2. The number of guanidine groups is 1. The van der Waals surface area contributed by atoms with Crippen LogP contribution in [-0.2, 0) is 14.6 Å². The van der Waals surface area contributed by atoms with Crippen LogP contribution >= 0.6 is 24.0 Å². The molecule has 0 aromatic heterocycles. The Morgan fingerprint density at radius 1 is 1.22 bits per heavy atom. The zero-order valence-corrected chi connectivity index (χ0v) is 20.3. The molecule has 1 aliphatic heterocycles. The first-order valence-electron chi connectivity index (χ1n) is 9.92. The minimum absolute atomic E-state index is 0. The lowest BCUT2D eigenvalue weighted by molar-refractivity contribution is -0.133. The van der Waals surface area contributed by atoms with Gasteiger partial charge in [-0.1, -0.05) is 13.8 Å². The Balaban J connectivity index is 0.00000364. The molecule has 2 unspecified atom stereocenters. The highest BCUT2D eigenvalue weighted by Gasteiger charge is 2.53. The number of rotatable bonds is 8. The zero-order valence-electron chi connectivity index (χ0n) is 17.2. The van der Waals surface area contributed by atoms with Gasteiger partial charge in [0.1, 0.15) is 0 Å². The lowest BCUT2D eigenvalue weighted by Gasteiger charge is -2.55. The molecule has 0 radical (unpaired) electrons. The van der Waals surface area contributed by atoms with Gasteiger partial charge in [0.15, 0.2) is 15.8 Å². The molecule has 0 aromatic carbocycles. The van der Waals surface area contributed by atoms with Crippen LogP contribution in [0.4, 0.5) is 0 Å². The van der Waals surface area contributed by atoms with Crippen LogP contribution in [0.15, 0.2) is 4.99 Å². The summed E-state index contributed by atoms with van der Waals surface area (Å²) < 4.78 is 28.9. The predicted octanol–water partition coefficient (Wildman–Crippen LogP) is 1.48. The minimum atomic E-state index is -2.81. The third kappa shape index (κ3) is 6.17. The summed E-state index contributed by atoms with van der Waals surface area (Å²) >= 11 is 0. The topological polar surface area (TPSA) is 83.0 Å². The van der Waals surface area contributed by atoms with Gasteiger partial charge >= 0.3 is 0 Å². The van der Waals surface area contributed by atoms with Gasteiger partial charge in [0.2, 0.25) is 0 Å². The molecular weight excluding hydrogens is 479 g/mol. The molecule has 2 atom stereocenters. The SMILES string of the molecule is CCOC1CC(NC(=NC)NCCN2CCS(=O)(=O)CC2)C1(CC)CC.I. The van der Waals surface area contributed by atoms with Gasteiger partial charge in [0.25, 0.3) is 0 Å². The number of nitrogens with one attached hydrogen (secondary N) is 2. The van der Waals surface area contributed by atoms with Crippen LogP contribution in [0.1, 0.15) is 40.0 Å². The van der Waals surface area contributed by atoms with E-state index in [0.717, 1.165) is 44.9 Å². The fourth-order valence-corrected chi connectivity index (χ4v) is 5.53. The summed E-state index contributed by atoms with van der Waals surface area (Å²) in [5.41, 5.74) is 0.175. The van der Waals surface area contributed by atoms with Crippen molar-refractivity contribution in [3.05, 3.63) is 0 Å². The van der Waals surface area contributed by atoms with Gasteiger partial charge in [-0.15, -0.1) is 24.0 Å². The molecule has 0 spiro atoms. The first kappa shape index (κ1) is 24.9. The predicted molar refractivity (Wildman–Crippen MR) is 122 cm³/mol.